The summed E-state index contributed by atoms with van der Waals surface area (Å²) < 4.78 is -0.913. The van der Waals surface area contributed by atoms with Crippen molar-refractivity contribution in [2.75, 3.05) is 13.3 Å². The lowest BCUT2D eigenvalue weighted by atomic mass is 10.4. The summed E-state index contributed by atoms with van der Waals surface area (Å²) in [6.45, 7) is 4.32. The van der Waals surface area contributed by atoms with Crippen molar-refractivity contribution in [1.29, 1.82) is 0 Å². The molecule has 0 aromatic heterocycles. The van der Waals surface area contributed by atoms with Gasteiger partial charge >= 0.3 is 0 Å². The van der Waals surface area contributed by atoms with Gasteiger partial charge in [0.1, 0.15) is 0 Å². The van der Waals surface area contributed by atoms with Crippen LogP contribution in [0.15, 0.2) is 0 Å². The predicted molar refractivity (Wildman–Crippen MR) is 51.4 cm³/mol. The normalized spacial score (nSPS) is 10.5. The fraction of sp³-hybridized carbons (Fsp3) is 1.00. The summed E-state index contributed by atoms with van der Waals surface area (Å²) >= 11 is 11.6. The van der Waals surface area contributed by atoms with Gasteiger partial charge in [-0.1, -0.05) is 37.0 Å². The van der Waals surface area contributed by atoms with Crippen LogP contribution >= 0.6 is 23.2 Å². The molecule has 0 aromatic rings. The summed E-state index contributed by atoms with van der Waals surface area (Å²) in [5.74, 6) is 0. The van der Waals surface area contributed by atoms with E-state index < -0.39 is 4.46 Å². The second kappa shape index (κ2) is 8.04. The third kappa shape index (κ3) is 5.13. The van der Waals surface area contributed by atoms with Gasteiger partial charge in [-0.05, 0) is 6.42 Å². The monoisotopic (exact) mass is 221 g/mol. The molecule has 0 radical (unpaired) electrons. The van der Waals surface area contributed by atoms with E-state index in [9.17, 15) is 0 Å². The maximum Gasteiger partial charge on any atom is 0.172 e. The summed E-state index contributed by atoms with van der Waals surface area (Å²) in [4.78, 5) is 1.58. The number of halogens is 2. The molecule has 0 fully saturated rings. The van der Waals surface area contributed by atoms with Gasteiger partial charge in [0.15, 0.2) is 4.46 Å². The van der Waals surface area contributed by atoms with Crippen molar-refractivity contribution in [3.8, 4) is 0 Å². The van der Waals surface area contributed by atoms with Crippen LogP contribution < -0.4 is 0 Å². The molecule has 0 aliphatic rings. The van der Waals surface area contributed by atoms with E-state index in [0.717, 1.165) is 0 Å². The molecule has 0 atom stereocenters. The van der Waals surface area contributed by atoms with E-state index in [1.807, 2.05) is 13.8 Å². The number of nitrogens with zero attached hydrogens (tertiary/aromatic N) is 1. The van der Waals surface area contributed by atoms with Gasteiger partial charge in [0.25, 0.3) is 0 Å². The van der Waals surface area contributed by atoms with Crippen molar-refractivity contribution in [2.45, 2.75) is 24.7 Å². The largest absolute Gasteiger partial charge is 0.412 e. The number of hydrogen-bond donors (Lipinski definition) is 1. The predicted octanol–water partition coefficient (Wildman–Crippen LogP) is 0.150. The molecule has 4 nitrogen and oxygen atoms in total. The highest BCUT2D eigenvalue weighted by Crippen LogP contribution is 2.28. The van der Waals surface area contributed by atoms with Crippen LogP contribution in [0.3, 0.4) is 0 Å². The Kier molecular flexibility index (Phi) is 12.2. The standard InChI is InChI=1S/C6H13Cl2NO.2H2O/c1-3-6(7,8)9(4-2)5-10;;/h10H,3-5H2,1-2H3;2*1H2. The van der Waals surface area contributed by atoms with Gasteiger partial charge in [-0.3, -0.25) is 0 Å². The molecule has 0 saturated carbocycles. The fourth-order valence-corrected chi connectivity index (χ4v) is 1.00. The highest BCUT2D eigenvalue weighted by molar-refractivity contribution is 6.47. The van der Waals surface area contributed by atoms with Crippen LogP contribution in [0.4, 0.5) is 0 Å². The lowest BCUT2D eigenvalue weighted by molar-refractivity contribution is 0.0842. The quantitative estimate of drug-likeness (QED) is 0.417. The van der Waals surface area contributed by atoms with E-state index in [0.29, 0.717) is 13.0 Å². The van der Waals surface area contributed by atoms with Crippen LogP contribution in [0, 0.1) is 0 Å². The summed E-state index contributed by atoms with van der Waals surface area (Å²) in [7, 11) is 0. The number of aliphatic hydroxyl groups excluding tert-OH is 1. The Labute approximate surface area is 82.7 Å². The van der Waals surface area contributed by atoms with Crippen LogP contribution in [0.2, 0.25) is 0 Å². The van der Waals surface area contributed by atoms with E-state index in [4.69, 9.17) is 28.3 Å². The summed E-state index contributed by atoms with van der Waals surface area (Å²) in [5, 5.41) is 8.75. The first-order valence-electron chi connectivity index (χ1n) is 3.32. The van der Waals surface area contributed by atoms with Crippen molar-refractivity contribution in [1.82, 2.24) is 4.90 Å². The number of hydrogen-bond acceptors (Lipinski definition) is 2. The number of alkyl halides is 2. The zero-order chi connectivity index (χ0) is 8.20. The minimum absolute atomic E-state index is 0. The minimum atomic E-state index is -0.913. The van der Waals surface area contributed by atoms with Crippen LogP contribution in [0.25, 0.3) is 0 Å². The molecule has 0 bridgehead atoms. The minimum Gasteiger partial charge on any atom is -0.412 e. The maximum atomic E-state index is 8.75. The molecule has 0 aliphatic heterocycles. The van der Waals surface area contributed by atoms with Gasteiger partial charge in [-0.25, -0.2) is 4.90 Å². The van der Waals surface area contributed by atoms with E-state index in [1.165, 1.54) is 0 Å². The first kappa shape index (κ1) is 18.3. The molecular formula is C6H17Cl2NO3. The van der Waals surface area contributed by atoms with Crippen molar-refractivity contribution in [3.05, 3.63) is 0 Å². The molecule has 6 heteroatoms. The molecule has 12 heavy (non-hydrogen) atoms. The summed E-state index contributed by atoms with van der Waals surface area (Å²) in [6, 6.07) is 0. The maximum absolute atomic E-state index is 8.75. The van der Waals surface area contributed by atoms with Crippen LogP contribution in [-0.2, 0) is 0 Å². The van der Waals surface area contributed by atoms with E-state index in [1.54, 1.807) is 4.90 Å². The highest BCUT2D eigenvalue weighted by Gasteiger charge is 2.27. The Balaban J connectivity index is -0.000000405. The van der Waals surface area contributed by atoms with Gasteiger partial charge in [0.05, 0.1) is 6.73 Å². The van der Waals surface area contributed by atoms with Crippen molar-refractivity contribution in [2.24, 2.45) is 0 Å². The second-order valence-electron chi connectivity index (χ2n) is 2.02. The highest BCUT2D eigenvalue weighted by atomic mass is 35.5. The van der Waals surface area contributed by atoms with Gasteiger partial charge in [-0.15, -0.1) is 0 Å². The van der Waals surface area contributed by atoms with E-state index in [2.05, 4.69) is 0 Å². The van der Waals surface area contributed by atoms with Crippen molar-refractivity contribution in [3.63, 3.8) is 0 Å². The molecule has 78 valence electrons. The zero-order valence-electron chi connectivity index (χ0n) is 7.27. The van der Waals surface area contributed by atoms with Gasteiger partial charge in [0.2, 0.25) is 0 Å². The Morgan fingerprint density at radius 1 is 1.25 bits per heavy atom. The van der Waals surface area contributed by atoms with Crippen LogP contribution in [-0.4, -0.2) is 38.7 Å². The van der Waals surface area contributed by atoms with Crippen LogP contribution in [0.5, 0.6) is 0 Å². The smallest absolute Gasteiger partial charge is 0.172 e. The van der Waals surface area contributed by atoms with Crippen molar-refractivity contribution >= 4 is 23.2 Å². The van der Waals surface area contributed by atoms with Gasteiger partial charge in [-0.2, -0.15) is 0 Å². The van der Waals surface area contributed by atoms with Crippen LogP contribution in [0.1, 0.15) is 20.3 Å². The van der Waals surface area contributed by atoms with Gasteiger partial charge < -0.3 is 16.1 Å². The molecule has 0 unspecified atom stereocenters. The molecule has 0 spiro atoms. The Hall–Kier alpha value is 0.420. The topological polar surface area (TPSA) is 86.5 Å². The lowest BCUT2D eigenvalue weighted by Crippen LogP contribution is -2.39. The molecule has 5 N–H and O–H groups in total. The lowest BCUT2D eigenvalue weighted by Gasteiger charge is -2.30. The molecule has 0 heterocycles. The van der Waals surface area contributed by atoms with Gasteiger partial charge in [0, 0.05) is 6.54 Å². The zero-order valence-corrected chi connectivity index (χ0v) is 8.78. The fourth-order valence-electron chi connectivity index (χ4n) is 0.658. The molecular weight excluding hydrogens is 205 g/mol. The third-order valence-corrected chi connectivity index (χ3v) is 2.45. The first-order valence-corrected chi connectivity index (χ1v) is 4.07. The third-order valence-electron chi connectivity index (χ3n) is 1.44. The molecule has 0 saturated heterocycles. The number of rotatable bonds is 4. The summed E-state index contributed by atoms with van der Waals surface area (Å²) in [6.07, 6.45) is 0.602. The first-order chi connectivity index (χ1) is 4.58. The molecule has 0 rings (SSSR count). The molecule has 0 aliphatic carbocycles. The number of aliphatic hydroxyl groups is 1. The van der Waals surface area contributed by atoms with E-state index in [-0.39, 0.29) is 17.7 Å². The van der Waals surface area contributed by atoms with Crippen molar-refractivity contribution < 1.29 is 16.1 Å². The summed E-state index contributed by atoms with van der Waals surface area (Å²) in [5.41, 5.74) is 0. The second-order valence-corrected chi connectivity index (χ2v) is 3.46. The SMILES string of the molecule is CCN(CO)C(Cl)(Cl)CC.O.O. The Morgan fingerprint density at radius 3 is 1.75 bits per heavy atom. The molecule has 0 aromatic carbocycles. The molecule has 0 amide bonds. The van der Waals surface area contributed by atoms with E-state index >= 15 is 0 Å². The Bertz CT molecular complexity index is 98.8. The Morgan fingerprint density at radius 2 is 1.67 bits per heavy atom. The average Bonchev–Trinajstić information content (AvgIpc) is 1.90. The average molecular weight is 222 g/mol.